The van der Waals surface area contributed by atoms with Gasteiger partial charge in [0.25, 0.3) is 0 Å². The van der Waals surface area contributed by atoms with Crippen LogP contribution in [0.4, 0.5) is 4.79 Å². The van der Waals surface area contributed by atoms with Crippen LogP contribution < -0.4 is 5.32 Å². The van der Waals surface area contributed by atoms with Gasteiger partial charge in [0, 0.05) is 12.6 Å². The summed E-state index contributed by atoms with van der Waals surface area (Å²) < 4.78 is 9.55. The van der Waals surface area contributed by atoms with Crippen molar-refractivity contribution in [2.75, 3.05) is 13.7 Å². The molecule has 2 atom stereocenters. The molecule has 0 aliphatic heterocycles. The average Bonchev–Trinajstić information content (AvgIpc) is 2.55. The molecule has 1 aromatic rings. The highest BCUT2D eigenvalue weighted by atomic mass is 16.6. The first-order valence-corrected chi connectivity index (χ1v) is 7.81. The number of ether oxygens (including phenoxy) is 2. The number of carbonyl (C=O) groups is 2. The molecule has 0 aliphatic carbocycles. The minimum atomic E-state index is -1.19. The third-order valence-electron chi connectivity index (χ3n) is 3.11. The predicted octanol–water partition coefficient (Wildman–Crippen LogP) is 1.79. The van der Waals surface area contributed by atoms with Gasteiger partial charge in [0.2, 0.25) is 0 Å². The first-order valence-electron chi connectivity index (χ1n) is 7.81. The molecule has 0 saturated heterocycles. The molecule has 2 unspecified atom stereocenters. The van der Waals surface area contributed by atoms with E-state index in [2.05, 4.69) is 10.1 Å². The van der Waals surface area contributed by atoms with Crippen molar-refractivity contribution in [3.8, 4) is 0 Å². The number of esters is 1. The number of methoxy groups -OCH3 is 1. The molecule has 0 spiro atoms. The summed E-state index contributed by atoms with van der Waals surface area (Å²) in [7, 11) is 1.29. The smallest absolute Gasteiger partial charge is 0.407 e. The van der Waals surface area contributed by atoms with E-state index in [9.17, 15) is 19.8 Å². The van der Waals surface area contributed by atoms with Crippen LogP contribution in [-0.2, 0) is 14.3 Å². The van der Waals surface area contributed by atoms with Crippen LogP contribution in [0.5, 0.6) is 0 Å². The zero-order chi connectivity index (χ0) is 19.0. The van der Waals surface area contributed by atoms with Crippen LogP contribution in [0, 0.1) is 0 Å². The van der Waals surface area contributed by atoms with Gasteiger partial charge in [-0.1, -0.05) is 24.3 Å². The number of hydrogen-bond acceptors (Lipinski definition) is 6. The van der Waals surface area contributed by atoms with Gasteiger partial charge in [0.1, 0.15) is 17.8 Å². The molecule has 7 nitrogen and oxygen atoms in total. The molecule has 25 heavy (non-hydrogen) atoms. The molecule has 0 fully saturated rings. The fourth-order valence-electron chi connectivity index (χ4n) is 1.87. The van der Waals surface area contributed by atoms with Gasteiger partial charge in [-0.2, -0.15) is 0 Å². The minimum absolute atomic E-state index is 0.153. The average molecular weight is 351 g/mol. The maximum absolute atomic E-state index is 11.5. The SMILES string of the molecule is COC(=O)/C=C/c1ccc(C(O)C(O)CNC(=O)OC(C)(C)C)cc1. The summed E-state index contributed by atoms with van der Waals surface area (Å²) in [4.78, 5) is 22.6. The lowest BCUT2D eigenvalue weighted by Crippen LogP contribution is -2.38. The Bertz CT molecular complexity index is 603. The summed E-state index contributed by atoms with van der Waals surface area (Å²) in [6.07, 6.45) is -0.173. The minimum Gasteiger partial charge on any atom is -0.466 e. The van der Waals surface area contributed by atoms with Crippen molar-refractivity contribution < 1.29 is 29.3 Å². The maximum Gasteiger partial charge on any atom is 0.407 e. The molecule has 0 bridgehead atoms. The van der Waals surface area contributed by atoms with Crippen LogP contribution >= 0.6 is 0 Å². The number of benzene rings is 1. The molecule has 0 saturated carbocycles. The number of alkyl carbamates (subject to hydrolysis) is 1. The molecule has 7 heteroatoms. The summed E-state index contributed by atoms with van der Waals surface area (Å²) in [5.41, 5.74) is 0.581. The molecule has 1 aromatic carbocycles. The van der Waals surface area contributed by atoms with Gasteiger partial charge >= 0.3 is 12.1 Å². The zero-order valence-electron chi connectivity index (χ0n) is 14.9. The van der Waals surface area contributed by atoms with Crippen molar-refractivity contribution in [3.05, 3.63) is 41.5 Å². The van der Waals surface area contributed by atoms with E-state index in [1.807, 2.05) is 0 Å². The summed E-state index contributed by atoms with van der Waals surface area (Å²) in [6.45, 7) is 5.04. The standard InChI is InChI=1S/C18H25NO6/c1-18(2,3)25-17(23)19-11-14(20)16(22)13-8-5-12(6-9-13)7-10-15(21)24-4/h5-10,14,16,20,22H,11H2,1-4H3,(H,19,23)/b10-7+. The van der Waals surface area contributed by atoms with E-state index in [0.717, 1.165) is 5.56 Å². The van der Waals surface area contributed by atoms with Crippen LogP contribution in [0.3, 0.4) is 0 Å². The molecule has 3 N–H and O–H groups in total. The van der Waals surface area contributed by atoms with Crippen LogP contribution in [0.25, 0.3) is 6.08 Å². The third kappa shape index (κ3) is 7.82. The van der Waals surface area contributed by atoms with Crippen LogP contribution in [0.15, 0.2) is 30.3 Å². The van der Waals surface area contributed by atoms with Crippen LogP contribution in [-0.4, -0.2) is 47.6 Å². The fraction of sp³-hybridized carbons (Fsp3) is 0.444. The van der Waals surface area contributed by atoms with Gasteiger partial charge in [-0.05, 0) is 38.0 Å². The Kier molecular flexibility index (Phi) is 7.60. The van der Waals surface area contributed by atoms with Crippen molar-refractivity contribution in [2.24, 2.45) is 0 Å². The number of aliphatic hydroxyl groups is 2. The second-order valence-electron chi connectivity index (χ2n) is 6.42. The lowest BCUT2D eigenvalue weighted by Gasteiger charge is -2.22. The number of hydrogen-bond donors (Lipinski definition) is 3. The van der Waals surface area contributed by atoms with Gasteiger partial charge < -0.3 is 25.0 Å². The molecular weight excluding hydrogens is 326 g/mol. The van der Waals surface area contributed by atoms with E-state index in [4.69, 9.17) is 4.74 Å². The van der Waals surface area contributed by atoms with E-state index in [0.29, 0.717) is 5.56 Å². The monoisotopic (exact) mass is 351 g/mol. The molecule has 138 valence electrons. The van der Waals surface area contributed by atoms with Gasteiger partial charge in [-0.25, -0.2) is 9.59 Å². The number of carbonyl (C=O) groups excluding carboxylic acids is 2. The fourth-order valence-corrected chi connectivity index (χ4v) is 1.87. The Hall–Kier alpha value is -2.38. The largest absolute Gasteiger partial charge is 0.466 e. The first-order chi connectivity index (χ1) is 11.6. The van der Waals surface area contributed by atoms with Gasteiger partial charge in [-0.3, -0.25) is 0 Å². The van der Waals surface area contributed by atoms with Crippen molar-refractivity contribution in [1.82, 2.24) is 5.32 Å². The van der Waals surface area contributed by atoms with E-state index in [-0.39, 0.29) is 6.54 Å². The lowest BCUT2D eigenvalue weighted by atomic mass is 10.0. The summed E-state index contributed by atoms with van der Waals surface area (Å²) in [5.74, 6) is -0.465. The lowest BCUT2D eigenvalue weighted by molar-refractivity contribution is -0.134. The predicted molar refractivity (Wildman–Crippen MR) is 92.7 cm³/mol. The maximum atomic E-state index is 11.5. The molecule has 1 rings (SSSR count). The Labute approximate surface area is 147 Å². The number of amides is 1. The Balaban J connectivity index is 2.58. The van der Waals surface area contributed by atoms with Crippen LogP contribution in [0.2, 0.25) is 0 Å². The normalized spacial score (nSPS) is 14.0. The molecule has 0 aliphatic rings. The van der Waals surface area contributed by atoms with Gasteiger partial charge in [0.05, 0.1) is 7.11 Å². The summed E-state index contributed by atoms with van der Waals surface area (Å²) in [5, 5.41) is 22.6. The number of aliphatic hydroxyl groups excluding tert-OH is 2. The van der Waals surface area contributed by atoms with Gasteiger partial charge in [0.15, 0.2) is 0 Å². The van der Waals surface area contributed by atoms with Crippen LogP contribution in [0.1, 0.15) is 38.0 Å². The van der Waals surface area contributed by atoms with Crippen molar-refractivity contribution in [1.29, 1.82) is 0 Å². The first kappa shape index (κ1) is 20.7. The second kappa shape index (κ2) is 9.19. The van der Waals surface area contributed by atoms with E-state index >= 15 is 0 Å². The Morgan fingerprint density at radius 2 is 1.80 bits per heavy atom. The van der Waals surface area contributed by atoms with E-state index in [1.54, 1.807) is 51.1 Å². The quantitative estimate of drug-likeness (QED) is 0.533. The van der Waals surface area contributed by atoms with E-state index in [1.165, 1.54) is 13.2 Å². The molecule has 0 heterocycles. The Morgan fingerprint density at radius 3 is 2.32 bits per heavy atom. The van der Waals surface area contributed by atoms with Crippen molar-refractivity contribution in [3.63, 3.8) is 0 Å². The second-order valence-corrected chi connectivity index (χ2v) is 6.42. The van der Waals surface area contributed by atoms with Gasteiger partial charge in [-0.15, -0.1) is 0 Å². The highest BCUT2D eigenvalue weighted by Crippen LogP contribution is 2.18. The highest BCUT2D eigenvalue weighted by molar-refractivity contribution is 5.86. The van der Waals surface area contributed by atoms with Crippen molar-refractivity contribution >= 4 is 18.1 Å². The molecule has 0 radical (unpaired) electrons. The topological polar surface area (TPSA) is 105 Å². The highest BCUT2D eigenvalue weighted by Gasteiger charge is 2.21. The summed E-state index contributed by atoms with van der Waals surface area (Å²) in [6, 6.07) is 6.62. The zero-order valence-corrected chi connectivity index (χ0v) is 14.9. The third-order valence-corrected chi connectivity index (χ3v) is 3.11. The molecular formula is C18H25NO6. The van der Waals surface area contributed by atoms with Crippen molar-refractivity contribution in [2.45, 2.75) is 38.6 Å². The number of nitrogens with one attached hydrogen (secondary N) is 1. The van der Waals surface area contributed by atoms with E-state index < -0.39 is 29.9 Å². The Morgan fingerprint density at radius 1 is 1.20 bits per heavy atom. The summed E-state index contributed by atoms with van der Waals surface area (Å²) >= 11 is 0. The molecule has 0 aromatic heterocycles. The number of rotatable bonds is 6. The molecule has 1 amide bonds.